The smallest absolute Gasteiger partial charge is 0.303 e. The van der Waals surface area contributed by atoms with E-state index in [4.69, 9.17) is 5.11 Å². The Morgan fingerprint density at radius 3 is 2.59 bits per heavy atom. The number of aryl methyl sites for hydroxylation is 1. The molecule has 0 aliphatic rings. The first-order chi connectivity index (χ1) is 8.09. The lowest BCUT2D eigenvalue weighted by atomic mass is 10.2. The summed E-state index contributed by atoms with van der Waals surface area (Å²) in [5, 5.41) is 15.4. The van der Waals surface area contributed by atoms with E-state index in [-0.39, 0.29) is 12.3 Å². The molecule has 0 unspecified atom stereocenters. The average molecular weight is 255 g/mol. The zero-order chi connectivity index (χ0) is 12.7. The number of carboxylic acids is 1. The lowest BCUT2D eigenvalue weighted by Gasteiger charge is -2.04. The molecule has 4 nitrogen and oxygen atoms in total. The van der Waals surface area contributed by atoms with Crippen molar-refractivity contribution in [1.29, 1.82) is 0 Å². The largest absolute Gasteiger partial charge is 0.481 e. The van der Waals surface area contributed by atoms with Crippen molar-refractivity contribution in [2.75, 3.05) is 0 Å². The quantitative estimate of drug-likeness (QED) is 0.735. The average Bonchev–Trinajstić information content (AvgIpc) is 2.67. The lowest BCUT2D eigenvalue weighted by molar-refractivity contribution is -0.137. The van der Waals surface area contributed by atoms with Crippen LogP contribution in [0.1, 0.15) is 36.8 Å². The van der Waals surface area contributed by atoms with Crippen molar-refractivity contribution in [3.63, 3.8) is 0 Å². The Bertz CT molecular complexity index is 387. The number of carbonyl (C=O) groups is 2. The number of thiophene rings is 1. The normalized spacial score (nSPS) is 10.2. The van der Waals surface area contributed by atoms with E-state index in [0.29, 0.717) is 25.8 Å². The molecular formula is C12H17NO3S. The minimum Gasteiger partial charge on any atom is -0.481 e. The van der Waals surface area contributed by atoms with Crippen LogP contribution in [0.25, 0.3) is 0 Å². The highest BCUT2D eigenvalue weighted by molar-refractivity contribution is 7.08. The highest BCUT2D eigenvalue weighted by atomic mass is 32.1. The maximum Gasteiger partial charge on any atom is 0.303 e. The predicted molar refractivity (Wildman–Crippen MR) is 67.0 cm³/mol. The molecule has 2 N–H and O–H groups in total. The van der Waals surface area contributed by atoms with Crippen LogP contribution in [0.2, 0.25) is 0 Å². The summed E-state index contributed by atoms with van der Waals surface area (Å²) in [6.45, 7) is 2.58. The molecule has 17 heavy (non-hydrogen) atoms. The van der Waals surface area contributed by atoms with Crippen LogP contribution in [-0.2, 0) is 16.1 Å². The molecule has 1 amide bonds. The Kier molecular flexibility index (Phi) is 5.69. The van der Waals surface area contributed by atoms with Crippen molar-refractivity contribution in [3.8, 4) is 0 Å². The Morgan fingerprint density at radius 1 is 1.29 bits per heavy atom. The number of nitrogens with one attached hydrogen (secondary N) is 1. The zero-order valence-electron chi connectivity index (χ0n) is 9.86. The van der Waals surface area contributed by atoms with Crippen LogP contribution in [0, 0.1) is 6.92 Å². The predicted octanol–water partition coefficient (Wildman–Crippen LogP) is 2.32. The van der Waals surface area contributed by atoms with Gasteiger partial charge in [0.05, 0.1) is 0 Å². The molecule has 0 radical (unpaired) electrons. The first-order valence-corrected chi connectivity index (χ1v) is 6.54. The van der Waals surface area contributed by atoms with Gasteiger partial charge in [-0.25, -0.2) is 0 Å². The van der Waals surface area contributed by atoms with Gasteiger partial charge in [0.1, 0.15) is 0 Å². The highest BCUT2D eigenvalue weighted by Crippen LogP contribution is 2.13. The van der Waals surface area contributed by atoms with E-state index >= 15 is 0 Å². The number of unbranched alkanes of at least 4 members (excludes halogenated alkanes) is 1. The minimum atomic E-state index is -0.806. The van der Waals surface area contributed by atoms with Crippen LogP contribution >= 0.6 is 11.3 Å². The third-order valence-electron chi connectivity index (χ3n) is 2.48. The zero-order valence-corrected chi connectivity index (χ0v) is 10.7. The third-order valence-corrected chi connectivity index (χ3v) is 3.39. The lowest BCUT2D eigenvalue weighted by Crippen LogP contribution is -2.22. The molecule has 0 aromatic carbocycles. The van der Waals surface area contributed by atoms with Crippen molar-refractivity contribution in [3.05, 3.63) is 21.9 Å². The molecule has 0 spiro atoms. The van der Waals surface area contributed by atoms with Crippen LogP contribution in [0.4, 0.5) is 0 Å². The molecular weight excluding hydrogens is 238 g/mol. The molecule has 1 aromatic heterocycles. The number of hydrogen-bond donors (Lipinski definition) is 2. The van der Waals surface area contributed by atoms with Gasteiger partial charge >= 0.3 is 5.97 Å². The van der Waals surface area contributed by atoms with Gasteiger partial charge in [-0.15, -0.1) is 0 Å². The maximum absolute atomic E-state index is 11.4. The van der Waals surface area contributed by atoms with Crippen molar-refractivity contribution in [2.45, 2.75) is 39.2 Å². The molecule has 94 valence electrons. The monoisotopic (exact) mass is 255 g/mol. The minimum absolute atomic E-state index is 0.0130. The SMILES string of the molecule is Cc1cscc1CNC(=O)CCCCC(=O)O. The molecule has 0 fully saturated rings. The van der Waals surface area contributed by atoms with Gasteiger partial charge in [0.25, 0.3) is 0 Å². The second-order valence-corrected chi connectivity index (χ2v) is 4.70. The van der Waals surface area contributed by atoms with Crippen molar-refractivity contribution in [1.82, 2.24) is 5.32 Å². The van der Waals surface area contributed by atoms with Gasteiger partial charge < -0.3 is 10.4 Å². The molecule has 0 saturated heterocycles. The number of carbonyl (C=O) groups excluding carboxylic acids is 1. The number of hydrogen-bond acceptors (Lipinski definition) is 3. The summed E-state index contributed by atoms with van der Waals surface area (Å²) in [6.07, 6.45) is 1.72. The first kappa shape index (κ1) is 13.7. The van der Waals surface area contributed by atoms with Gasteiger partial charge in [-0.3, -0.25) is 9.59 Å². The summed E-state index contributed by atoms with van der Waals surface area (Å²) in [5.74, 6) is -0.819. The summed E-state index contributed by atoms with van der Waals surface area (Å²) in [6, 6.07) is 0. The van der Waals surface area contributed by atoms with Crippen LogP contribution < -0.4 is 5.32 Å². The third kappa shape index (κ3) is 5.49. The maximum atomic E-state index is 11.4. The van der Waals surface area contributed by atoms with E-state index in [9.17, 15) is 9.59 Å². The molecule has 1 rings (SSSR count). The second kappa shape index (κ2) is 7.06. The van der Waals surface area contributed by atoms with Gasteiger partial charge in [-0.05, 0) is 41.7 Å². The Morgan fingerprint density at radius 2 is 2.00 bits per heavy atom. The fraction of sp³-hybridized carbons (Fsp3) is 0.500. The van der Waals surface area contributed by atoms with Gasteiger partial charge in [0, 0.05) is 19.4 Å². The van der Waals surface area contributed by atoms with E-state index < -0.39 is 5.97 Å². The molecule has 0 saturated carbocycles. The van der Waals surface area contributed by atoms with Crippen LogP contribution in [0.5, 0.6) is 0 Å². The molecule has 0 aliphatic heterocycles. The standard InChI is InChI=1S/C12H17NO3S/c1-9-7-17-8-10(9)6-13-11(14)4-2-3-5-12(15)16/h7-8H,2-6H2,1H3,(H,13,14)(H,15,16). The summed E-state index contributed by atoms with van der Waals surface area (Å²) in [7, 11) is 0. The van der Waals surface area contributed by atoms with E-state index in [0.717, 1.165) is 5.56 Å². The molecule has 1 aromatic rings. The second-order valence-electron chi connectivity index (χ2n) is 3.96. The first-order valence-electron chi connectivity index (χ1n) is 5.59. The molecule has 0 bridgehead atoms. The van der Waals surface area contributed by atoms with Gasteiger partial charge in [0.2, 0.25) is 5.91 Å². The van der Waals surface area contributed by atoms with Crippen LogP contribution in [-0.4, -0.2) is 17.0 Å². The molecule has 1 heterocycles. The van der Waals surface area contributed by atoms with Crippen molar-refractivity contribution in [2.24, 2.45) is 0 Å². The van der Waals surface area contributed by atoms with E-state index in [1.165, 1.54) is 5.56 Å². The fourth-order valence-electron chi connectivity index (χ4n) is 1.41. The Labute approximate surface area is 105 Å². The van der Waals surface area contributed by atoms with Crippen LogP contribution in [0.15, 0.2) is 10.8 Å². The highest BCUT2D eigenvalue weighted by Gasteiger charge is 2.04. The summed E-state index contributed by atoms with van der Waals surface area (Å²) in [5.41, 5.74) is 2.34. The van der Waals surface area contributed by atoms with E-state index in [1.807, 2.05) is 17.7 Å². The Hall–Kier alpha value is -1.36. The summed E-state index contributed by atoms with van der Waals surface area (Å²) >= 11 is 1.63. The molecule has 0 aliphatic carbocycles. The van der Waals surface area contributed by atoms with E-state index in [1.54, 1.807) is 11.3 Å². The number of rotatable bonds is 7. The topological polar surface area (TPSA) is 66.4 Å². The van der Waals surface area contributed by atoms with E-state index in [2.05, 4.69) is 5.32 Å². The summed E-state index contributed by atoms with van der Waals surface area (Å²) in [4.78, 5) is 21.7. The van der Waals surface area contributed by atoms with Gasteiger partial charge in [-0.1, -0.05) is 0 Å². The van der Waals surface area contributed by atoms with Crippen molar-refractivity contribution < 1.29 is 14.7 Å². The number of aliphatic carboxylic acids is 1. The van der Waals surface area contributed by atoms with Crippen LogP contribution in [0.3, 0.4) is 0 Å². The number of carboxylic acid groups (broad SMARTS) is 1. The van der Waals surface area contributed by atoms with Crippen molar-refractivity contribution >= 4 is 23.2 Å². The number of amides is 1. The molecule has 0 atom stereocenters. The fourth-order valence-corrected chi connectivity index (χ4v) is 2.27. The molecule has 5 heteroatoms. The van der Waals surface area contributed by atoms with Gasteiger partial charge in [-0.2, -0.15) is 11.3 Å². The van der Waals surface area contributed by atoms with Gasteiger partial charge in [0.15, 0.2) is 0 Å². The Balaban J connectivity index is 2.13. The summed E-state index contributed by atoms with van der Waals surface area (Å²) < 4.78 is 0.